The molecule has 0 aliphatic rings. The van der Waals surface area contributed by atoms with Crippen LogP contribution in [0.4, 0.5) is 10.1 Å². The van der Waals surface area contributed by atoms with Gasteiger partial charge in [0.05, 0.1) is 12.8 Å². The molecule has 128 valence electrons. The third-order valence-corrected chi connectivity index (χ3v) is 4.87. The molecule has 0 bridgehead atoms. The Balaban J connectivity index is 1.85. The van der Waals surface area contributed by atoms with E-state index in [0.717, 1.165) is 33.1 Å². The number of halogens is 1. The Morgan fingerprint density at radius 3 is 2.56 bits per heavy atom. The van der Waals surface area contributed by atoms with Crippen LogP contribution in [-0.2, 0) is 5.75 Å². The fourth-order valence-corrected chi connectivity index (χ4v) is 3.37. The molecule has 0 radical (unpaired) electrons. The lowest BCUT2D eigenvalue weighted by Crippen LogP contribution is -1.93. The van der Waals surface area contributed by atoms with Crippen molar-refractivity contribution in [3.63, 3.8) is 0 Å². The maximum atomic E-state index is 13.0. The Kier molecular flexibility index (Phi) is 5.58. The van der Waals surface area contributed by atoms with Gasteiger partial charge in [-0.2, -0.15) is 0 Å². The van der Waals surface area contributed by atoms with E-state index in [-0.39, 0.29) is 5.82 Å². The van der Waals surface area contributed by atoms with E-state index in [4.69, 9.17) is 9.94 Å². The second-order valence-corrected chi connectivity index (χ2v) is 6.52. The van der Waals surface area contributed by atoms with Crippen molar-refractivity contribution in [3.8, 4) is 16.9 Å². The average molecular weight is 355 g/mol. The normalized spacial score (nSPS) is 10.5. The van der Waals surface area contributed by atoms with Gasteiger partial charge >= 0.3 is 0 Å². The summed E-state index contributed by atoms with van der Waals surface area (Å²) in [4.78, 5) is 1.02. The summed E-state index contributed by atoms with van der Waals surface area (Å²) in [5.41, 5.74) is 5.82. The van der Waals surface area contributed by atoms with Gasteiger partial charge in [0, 0.05) is 16.2 Å². The quantitative estimate of drug-likeness (QED) is 0.446. The molecule has 3 nitrogen and oxygen atoms in total. The van der Waals surface area contributed by atoms with Gasteiger partial charge in [-0.3, -0.25) is 10.7 Å². The zero-order valence-corrected chi connectivity index (χ0v) is 14.5. The van der Waals surface area contributed by atoms with Crippen molar-refractivity contribution >= 4 is 17.4 Å². The first-order valence-corrected chi connectivity index (χ1v) is 8.74. The van der Waals surface area contributed by atoms with E-state index in [9.17, 15) is 4.39 Å². The zero-order valence-electron chi connectivity index (χ0n) is 13.7. The van der Waals surface area contributed by atoms with Gasteiger partial charge in [0.15, 0.2) is 0 Å². The predicted octanol–water partition coefficient (Wildman–Crippen LogP) is 5.59. The lowest BCUT2D eigenvalue weighted by Gasteiger charge is -2.12. The summed E-state index contributed by atoms with van der Waals surface area (Å²) < 4.78 is 18.5. The summed E-state index contributed by atoms with van der Waals surface area (Å²) in [6, 6.07) is 20.0. The molecule has 0 saturated heterocycles. The molecule has 0 amide bonds. The number of benzene rings is 3. The van der Waals surface area contributed by atoms with Crippen molar-refractivity contribution in [2.45, 2.75) is 10.6 Å². The van der Waals surface area contributed by atoms with Crippen LogP contribution >= 0.6 is 11.8 Å². The molecule has 3 rings (SSSR count). The number of ether oxygens (including phenoxy) is 1. The molecule has 0 atom stereocenters. The van der Waals surface area contributed by atoms with Gasteiger partial charge in [-0.05, 0) is 59.7 Å². The summed E-state index contributed by atoms with van der Waals surface area (Å²) in [6.45, 7) is 0. The molecule has 0 aliphatic carbocycles. The number of hydrogen-bond donors (Lipinski definition) is 2. The van der Waals surface area contributed by atoms with Gasteiger partial charge < -0.3 is 4.74 Å². The van der Waals surface area contributed by atoms with Crippen LogP contribution in [0.5, 0.6) is 5.75 Å². The molecule has 0 spiro atoms. The average Bonchev–Trinajstić information content (AvgIpc) is 2.67. The highest BCUT2D eigenvalue weighted by atomic mass is 32.2. The van der Waals surface area contributed by atoms with E-state index in [1.807, 2.05) is 30.3 Å². The minimum absolute atomic E-state index is 0.228. The molecule has 0 aliphatic heterocycles. The summed E-state index contributed by atoms with van der Waals surface area (Å²) in [5, 5.41) is 9.11. The molecular formula is C20H18FNO2S. The monoisotopic (exact) mass is 355 g/mol. The molecule has 25 heavy (non-hydrogen) atoms. The first-order chi connectivity index (χ1) is 12.2. The van der Waals surface area contributed by atoms with Crippen LogP contribution < -0.4 is 10.2 Å². The van der Waals surface area contributed by atoms with E-state index >= 15 is 0 Å². The summed E-state index contributed by atoms with van der Waals surface area (Å²) in [7, 11) is 1.64. The van der Waals surface area contributed by atoms with Crippen LogP contribution in [0.1, 0.15) is 5.56 Å². The highest BCUT2D eigenvalue weighted by Crippen LogP contribution is 2.34. The van der Waals surface area contributed by atoms with Crippen LogP contribution in [-0.4, -0.2) is 12.3 Å². The summed E-state index contributed by atoms with van der Waals surface area (Å²) >= 11 is 1.65. The Morgan fingerprint density at radius 2 is 1.84 bits per heavy atom. The first kappa shape index (κ1) is 17.3. The summed E-state index contributed by atoms with van der Waals surface area (Å²) in [6.07, 6.45) is 0. The van der Waals surface area contributed by atoms with Crippen LogP contribution in [0, 0.1) is 5.82 Å². The van der Waals surface area contributed by atoms with Crippen molar-refractivity contribution in [2.75, 3.05) is 12.6 Å². The third-order valence-electron chi connectivity index (χ3n) is 3.79. The van der Waals surface area contributed by atoms with Crippen molar-refractivity contribution in [3.05, 3.63) is 78.1 Å². The van der Waals surface area contributed by atoms with Gasteiger partial charge in [0.25, 0.3) is 0 Å². The predicted molar refractivity (Wildman–Crippen MR) is 99.8 cm³/mol. The Bertz CT molecular complexity index is 853. The molecular weight excluding hydrogens is 337 g/mol. The fraction of sp³-hybridized carbons (Fsp3) is 0.100. The number of methoxy groups -OCH3 is 1. The van der Waals surface area contributed by atoms with Gasteiger partial charge in [-0.1, -0.05) is 18.2 Å². The van der Waals surface area contributed by atoms with Gasteiger partial charge in [-0.15, -0.1) is 11.8 Å². The van der Waals surface area contributed by atoms with Crippen LogP contribution in [0.2, 0.25) is 0 Å². The standard InChI is InChI=1S/C20H18FNO2S/c1-24-20-10-5-14(13-25-18-8-6-16(21)7-9-18)11-19(20)15-3-2-4-17(12-15)22-23/h2-12,22-23H,13H2,1H3. The lowest BCUT2D eigenvalue weighted by atomic mass is 10.0. The molecule has 0 aromatic heterocycles. The smallest absolute Gasteiger partial charge is 0.126 e. The van der Waals surface area contributed by atoms with Gasteiger partial charge in [0.1, 0.15) is 11.6 Å². The zero-order chi connectivity index (χ0) is 17.6. The SMILES string of the molecule is COc1ccc(CSc2ccc(F)cc2)cc1-c1cccc(NO)c1. The summed E-state index contributed by atoms with van der Waals surface area (Å²) in [5.74, 6) is 1.31. The molecule has 5 heteroatoms. The number of nitrogens with one attached hydrogen (secondary N) is 1. The lowest BCUT2D eigenvalue weighted by molar-refractivity contribution is 0.389. The highest BCUT2D eigenvalue weighted by Gasteiger charge is 2.08. The third kappa shape index (κ3) is 4.32. The van der Waals surface area contributed by atoms with Crippen LogP contribution in [0.15, 0.2) is 71.6 Å². The molecule has 0 fully saturated rings. The molecule has 3 aromatic carbocycles. The maximum Gasteiger partial charge on any atom is 0.126 e. The van der Waals surface area contributed by atoms with Crippen LogP contribution in [0.25, 0.3) is 11.1 Å². The molecule has 2 N–H and O–H groups in total. The largest absolute Gasteiger partial charge is 0.496 e. The molecule has 3 aromatic rings. The topological polar surface area (TPSA) is 41.5 Å². The number of thioether (sulfide) groups is 1. The van der Waals surface area contributed by atoms with Crippen LogP contribution in [0.3, 0.4) is 0 Å². The van der Waals surface area contributed by atoms with Gasteiger partial charge in [-0.25, -0.2) is 4.39 Å². The van der Waals surface area contributed by atoms with E-state index in [1.165, 1.54) is 12.1 Å². The van der Waals surface area contributed by atoms with Crippen molar-refractivity contribution in [1.82, 2.24) is 0 Å². The van der Waals surface area contributed by atoms with Gasteiger partial charge in [0.2, 0.25) is 0 Å². The number of hydrogen-bond acceptors (Lipinski definition) is 4. The Morgan fingerprint density at radius 1 is 1.04 bits per heavy atom. The Hall–Kier alpha value is -2.50. The fourth-order valence-electron chi connectivity index (χ4n) is 2.52. The molecule has 0 heterocycles. The van der Waals surface area contributed by atoms with Crippen molar-refractivity contribution in [1.29, 1.82) is 0 Å². The number of rotatable bonds is 6. The minimum Gasteiger partial charge on any atom is -0.496 e. The highest BCUT2D eigenvalue weighted by molar-refractivity contribution is 7.98. The van der Waals surface area contributed by atoms with E-state index in [1.54, 1.807) is 37.1 Å². The second-order valence-electron chi connectivity index (χ2n) is 5.47. The molecule has 0 unspecified atom stereocenters. The minimum atomic E-state index is -0.228. The van der Waals surface area contributed by atoms with Crippen molar-refractivity contribution < 1.29 is 14.3 Å². The van der Waals surface area contributed by atoms with E-state index < -0.39 is 0 Å². The number of anilines is 1. The van der Waals surface area contributed by atoms with Crippen molar-refractivity contribution in [2.24, 2.45) is 0 Å². The first-order valence-electron chi connectivity index (χ1n) is 7.75. The van der Waals surface area contributed by atoms with E-state index in [0.29, 0.717) is 5.69 Å². The maximum absolute atomic E-state index is 13.0. The van der Waals surface area contributed by atoms with E-state index in [2.05, 4.69) is 11.5 Å². The Labute approximate surface area is 150 Å². The second kappa shape index (κ2) is 8.05. The molecule has 0 saturated carbocycles.